The van der Waals surface area contributed by atoms with Crippen LogP contribution in [0.1, 0.15) is 16.8 Å². The normalized spacial score (nSPS) is 11.2. The number of hydrogen-bond acceptors (Lipinski definition) is 4. The van der Waals surface area contributed by atoms with Crippen molar-refractivity contribution in [3.63, 3.8) is 0 Å². The summed E-state index contributed by atoms with van der Waals surface area (Å²) >= 11 is 5.90. The van der Waals surface area contributed by atoms with Gasteiger partial charge in [-0.25, -0.2) is 13.1 Å². The fourth-order valence-corrected chi connectivity index (χ4v) is 3.14. The molecule has 2 rings (SSSR count). The molecule has 0 aliphatic heterocycles. The molecule has 0 saturated heterocycles. The summed E-state index contributed by atoms with van der Waals surface area (Å²) in [5, 5.41) is 15.3. The first-order chi connectivity index (χ1) is 9.44. The molecule has 6 nitrogen and oxygen atoms in total. The van der Waals surface area contributed by atoms with Gasteiger partial charge in [0.15, 0.2) is 0 Å². The number of aromatic amines is 1. The first kappa shape index (κ1) is 14.5. The lowest BCUT2D eigenvalue weighted by atomic mass is 10.2. The molecular formula is C12H11ClN4O2S. The number of nitrogens with one attached hydrogen (secondary N) is 2. The highest BCUT2D eigenvalue weighted by Gasteiger charge is 2.18. The quantitative estimate of drug-likeness (QED) is 0.898. The predicted molar refractivity (Wildman–Crippen MR) is 73.5 cm³/mol. The molecule has 104 valence electrons. The van der Waals surface area contributed by atoms with E-state index in [1.54, 1.807) is 13.1 Å². The van der Waals surface area contributed by atoms with Gasteiger partial charge in [0, 0.05) is 17.8 Å². The van der Waals surface area contributed by atoms with Crippen LogP contribution in [0.25, 0.3) is 0 Å². The molecule has 8 heteroatoms. The number of aromatic nitrogens is 2. The van der Waals surface area contributed by atoms with Gasteiger partial charge in [-0.05, 0) is 25.1 Å². The van der Waals surface area contributed by atoms with E-state index < -0.39 is 10.0 Å². The minimum absolute atomic E-state index is 0.0143. The zero-order valence-electron chi connectivity index (χ0n) is 10.5. The number of hydrogen-bond donors (Lipinski definition) is 2. The average molecular weight is 311 g/mol. The third-order valence-corrected chi connectivity index (χ3v) is 4.62. The van der Waals surface area contributed by atoms with Crippen LogP contribution in [0.4, 0.5) is 0 Å². The van der Waals surface area contributed by atoms with Crippen LogP contribution in [0.2, 0.25) is 5.02 Å². The van der Waals surface area contributed by atoms with Crippen LogP contribution in [0, 0.1) is 18.3 Å². The summed E-state index contributed by atoms with van der Waals surface area (Å²) in [6.07, 6.45) is 1.55. The topological polar surface area (TPSA) is 98.6 Å². The lowest BCUT2D eigenvalue weighted by Gasteiger charge is -2.08. The molecule has 0 aliphatic rings. The average Bonchev–Trinajstić information content (AvgIpc) is 2.81. The Hall–Kier alpha value is -1.88. The van der Waals surface area contributed by atoms with E-state index in [-0.39, 0.29) is 16.5 Å². The molecule has 1 aromatic carbocycles. The molecule has 0 spiro atoms. The second-order valence-corrected chi connectivity index (χ2v) is 6.24. The van der Waals surface area contributed by atoms with E-state index in [2.05, 4.69) is 14.9 Å². The molecule has 0 bridgehead atoms. The Morgan fingerprint density at radius 1 is 1.50 bits per heavy atom. The smallest absolute Gasteiger partial charge is 0.242 e. The van der Waals surface area contributed by atoms with Crippen molar-refractivity contribution >= 4 is 21.6 Å². The first-order valence-electron chi connectivity index (χ1n) is 5.62. The summed E-state index contributed by atoms with van der Waals surface area (Å²) in [6, 6.07) is 5.93. The van der Waals surface area contributed by atoms with Crippen molar-refractivity contribution in [1.82, 2.24) is 14.9 Å². The van der Waals surface area contributed by atoms with Crippen molar-refractivity contribution in [1.29, 1.82) is 5.26 Å². The number of H-pyrrole nitrogens is 1. The Balaban J connectivity index is 2.23. The molecule has 0 saturated carbocycles. The molecule has 20 heavy (non-hydrogen) atoms. The molecule has 2 aromatic rings. The molecule has 1 heterocycles. The number of halogens is 1. The molecular weight excluding hydrogens is 300 g/mol. The number of sulfonamides is 1. The van der Waals surface area contributed by atoms with Gasteiger partial charge in [0.05, 0.1) is 22.9 Å². The van der Waals surface area contributed by atoms with Gasteiger partial charge in [0.2, 0.25) is 10.0 Å². The molecule has 0 aliphatic carbocycles. The number of benzene rings is 1. The van der Waals surface area contributed by atoms with Crippen LogP contribution in [0.15, 0.2) is 29.3 Å². The van der Waals surface area contributed by atoms with E-state index in [0.717, 1.165) is 11.3 Å². The largest absolute Gasteiger partial charge is 0.283 e. The van der Waals surface area contributed by atoms with Crippen molar-refractivity contribution in [3.05, 3.63) is 46.2 Å². The van der Waals surface area contributed by atoms with E-state index in [0.29, 0.717) is 5.56 Å². The van der Waals surface area contributed by atoms with E-state index in [1.807, 2.05) is 6.07 Å². The van der Waals surface area contributed by atoms with Crippen LogP contribution < -0.4 is 4.72 Å². The minimum Gasteiger partial charge on any atom is -0.283 e. The fraction of sp³-hybridized carbons (Fsp3) is 0.167. The second kappa shape index (κ2) is 5.63. The standard InChI is InChI=1S/C12H11ClN4O2S/c1-8-10(6-15-17-8)7-16-20(18,19)12-3-2-9(5-14)4-11(12)13/h2-4,6,16H,7H2,1H3,(H,15,17). The SMILES string of the molecule is Cc1[nH]ncc1CNS(=O)(=O)c1ccc(C#N)cc1Cl. The summed E-state index contributed by atoms with van der Waals surface area (Å²) in [6.45, 7) is 1.91. The Morgan fingerprint density at radius 2 is 2.25 bits per heavy atom. The number of nitrogens with zero attached hydrogens (tertiary/aromatic N) is 2. The molecule has 2 N–H and O–H groups in total. The monoisotopic (exact) mass is 310 g/mol. The van der Waals surface area contributed by atoms with E-state index >= 15 is 0 Å². The molecule has 1 aromatic heterocycles. The van der Waals surface area contributed by atoms with Gasteiger partial charge in [0.1, 0.15) is 4.90 Å². The van der Waals surface area contributed by atoms with Crippen LogP contribution in [-0.2, 0) is 16.6 Å². The fourth-order valence-electron chi connectivity index (χ4n) is 1.59. The van der Waals surface area contributed by atoms with E-state index in [9.17, 15) is 8.42 Å². The Bertz CT molecular complexity index is 777. The van der Waals surface area contributed by atoms with Gasteiger partial charge in [-0.3, -0.25) is 5.10 Å². The van der Waals surface area contributed by atoms with Crippen molar-refractivity contribution in [2.75, 3.05) is 0 Å². The summed E-state index contributed by atoms with van der Waals surface area (Å²) < 4.78 is 26.7. The lowest BCUT2D eigenvalue weighted by molar-refractivity contribution is 0.581. The highest BCUT2D eigenvalue weighted by Crippen LogP contribution is 2.22. The predicted octanol–water partition coefficient (Wildman–Crippen LogP) is 1.72. The molecule has 0 unspecified atom stereocenters. The maximum Gasteiger partial charge on any atom is 0.242 e. The third kappa shape index (κ3) is 2.99. The van der Waals surface area contributed by atoms with Crippen molar-refractivity contribution in [2.45, 2.75) is 18.4 Å². The molecule has 0 atom stereocenters. The second-order valence-electron chi connectivity index (χ2n) is 4.10. The Morgan fingerprint density at radius 3 is 2.80 bits per heavy atom. The number of nitriles is 1. The third-order valence-electron chi connectivity index (χ3n) is 2.74. The number of aryl methyl sites for hydroxylation is 1. The summed E-state index contributed by atoms with van der Waals surface area (Å²) in [7, 11) is -3.74. The van der Waals surface area contributed by atoms with Gasteiger partial charge >= 0.3 is 0 Å². The molecule has 0 fully saturated rings. The van der Waals surface area contributed by atoms with Gasteiger partial charge in [-0.15, -0.1) is 0 Å². The van der Waals surface area contributed by atoms with Crippen LogP contribution in [-0.4, -0.2) is 18.6 Å². The van der Waals surface area contributed by atoms with E-state index in [1.165, 1.54) is 18.2 Å². The summed E-state index contributed by atoms with van der Waals surface area (Å²) in [5.74, 6) is 0. The Labute approximate surface area is 121 Å². The number of rotatable bonds is 4. The van der Waals surface area contributed by atoms with Crippen molar-refractivity contribution in [2.24, 2.45) is 0 Å². The first-order valence-corrected chi connectivity index (χ1v) is 7.48. The minimum atomic E-state index is -3.74. The summed E-state index contributed by atoms with van der Waals surface area (Å²) in [5.41, 5.74) is 1.84. The van der Waals surface area contributed by atoms with Crippen molar-refractivity contribution in [3.8, 4) is 6.07 Å². The Kier molecular flexibility index (Phi) is 4.09. The van der Waals surface area contributed by atoms with Crippen LogP contribution in [0.3, 0.4) is 0 Å². The lowest BCUT2D eigenvalue weighted by Crippen LogP contribution is -2.23. The van der Waals surface area contributed by atoms with Crippen LogP contribution in [0.5, 0.6) is 0 Å². The van der Waals surface area contributed by atoms with Gasteiger partial charge in [-0.1, -0.05) is 11.6 Å². The molecule has 0 radical (unpaired) electrons. The molecule has 0 amide bonds. The highest BCUT2D eigenvalue weighted by molar-refractivity contribution is 7.89. The summed E-state index contributed by atoms with van der Waals surface area (Å²) in [4.78, 5) is -0.0562. The highest BCUT2D eigenvalue weighted by atomic mass is 35.5. The maximum atomic E-state index is 12.2. The van der Waals surface area contributed by atoms with E-state index in [4.69, 9.17) is 16.9 Å². The van der Waals surface area contributed by atoms with Gasteiger partial charge in [-0.2, -0.15) is 10.4 Å². The van der Waals surface area contributed by atoms with Gasteiger partial charge < -0.3 is 0 Å². The van der Waals surface area contributed by atoms with Gasteiger partial charge in [0.25, 0.3) is 0 Å². The zero-order valence-corrected chi connectivity index (χ0v) is 12.1. The van der Waals surface area contributed by atoms with Crippen molar-refractivity contribution < 1.29 is 8.42 Å². The van der Waals surface area contributed by atoms with Crippen LogP contribution >= 0.6 is 11.6 Å². The zero-order chi connectivity index (χ0) is 14.8. The maximum absolute atomic E-state index is 12.2.